The van der Waals surface area contributed by atoms with Crippen molar-refractivity contribution in [2.45, 2.75) is 0 Å². The monoisotopic (exact) mass is 891 g/mol. The highest BCUT2D eigenvalue weighted by molar-refractivity contribution is 6.08. The highest BCUT2D eigenvalue weighted by Crippen LogP contribution is 2.43. The molecule has 70 heavy (non-hydrogen) atoms. The van der Waals surface area contributed by atoms with Crippen LogP contribution in [0.15, 0.2) is 277 Å². The minimum absolute atomic E-state index is 0.876. The van der Waals surface area contributed by atoms with Crippen LogP contribution in [0.25, 0.3) is 110 Å². The minimum Gasteiger partial charge on any atom is -0.455 e. The number of anilines is 3. The second kappa shape index (κ2) is 17.4. The number of nitrogens with zero attached hydrogens (tertiary/aromatic N) is 1. The molecule has 13 aromatic rings. The van der Waals surface area contributed by atoms with E-state index in [1.54, 1.807) is 0 Å². The minimum atomic E-state index is 0.876. The summed E-state index contributed by atoms with van der Waals surface area (Å²) in [6, 6.07) is 98.5. The lowest BCUT2D eigenvalue weighted by Gasteiger charge is -2.26. The lowest BCUT2D eigenvalue weighted by molar-refractivity contribution is 0.632. The highest BCUT2D eigenvalue weighted by Gasteiger charge is 2.19. The fourth-order valence-electron chi connectivity index (χ4n) is 10.4. The summed E-state index contributed by atoms with van der Waals surface area (Å²) in [5.74, 6) is 0.876. The number of para-hydroxylation sites is 1. The van der Waals surface area contributed by atoms with Crippen molar-refractivity contribution in [1.82, 2.24) is 0 Å². The fourth-order valence-corrected chi connectivity index (χ4v) is 10.4. The Hall–Kier alpha value is -9.24. The van der Waals surface area contributed by atoms with Crippen LogP contribution in [0.1, 0.15) is 0 Å². The third kappa shape index (κ3) is 7.49. The molecule has 0 bridgehead atoms. The summed E-state index contributed by atoms with van der Waals surface area (Å²) in [4.78, 5) is 2.35. The molecule has 0 saturated carbocycles. The van der Waals surface area contributed by atoms with Gasteiger partial charge >= 0.3 is 0 Å². The Balaban J connectivity index is 0.859. The number of rotatable bonds is 9. The maximum Gasteiger partial charge on any atom is 0.143 e. The number of furan rings is 1. The Morgan fingerprint density at radius 1 is 0.243 bits per heavy atom. The molecule has 0 radical (unpaired) electrons. The van der Waals surface area contributed by atoms with Gasteiger partial charge in [-0.05, 0) is 143 Å². The molecule has 0 aliphatic heterocycles. The number of hydrogen-bond donors (Lipinski definition) is 0. The lowest BCUT2D eigenvalue weighted by atomic mass is 9.95. The van der Waals surface area contributed by atoms with E-state index in [9.17, 15) is 0 Å². The van der Waals surface area contributed by atoms with E-state index in [1.165, 1.54) is 65.7 Å². The van der Waals surface area contributed by atoms with Crippen LogP contribution in [0.5, 0.6) is 0 Å². The van der Waals surface area contributed by atoms with E-state index < -0.39 is 0 Å². The lowest BCUT2D eigenvalue weighted by Crippen LogP contribution is -2.09. The van der Waals surface area contributed by atoms with E-state index in [1.807, 2.05) is 6.07 Å². The number of benzene rings is 12. The van der Waals surface area contributed by atoms with Crippen molar-refractivity contribution in [3.63, 3.8) is 0 Å². The summed E-state index contributed by atoms with van der Waals surface area (Å²) in [6.07, 6.45) is 0. The van der Waals surface area contributed by atoms with Crippen LogP contribution in [0.3, 0.4) is 0 Å². The van der Waals surface area contributed by atoms with Gasteiger partial charge in [0.25, 0.3) is 0 Å². The Bertz CT molecular complexity index is 4030. The van der Waals surface area contributed by atoms with Gasteiger partial charge in [0.05, 0.1) is 0 Å². The first-order valence-corrected chi connectivity index (χ1v) is 24.0. The first-order chi connectivity index (χ1) is 34.7. The largest absolute Gasteiger partial charge is 0.455 e. The molecule has 1 aromatic heterocycles. The Kier molecular flexibility index (Phi) is 10.2. The van der Waals surface area contributed by atoms with Crippen molar-refractivity contribution < 1.29 is 4.42 Å². The maximum absolute atomic E-state index is 6.62. The van der Waals surface area contributed by atoms with Gasteiger partial charge in [-0.25, -0.2) is 0 Å². The standard InChI is InChI=1S/C68H45NO/c1-2-15-51(16-3-1)67-65-24-8-9-26-66(65)70-68(67)57-21-11-19-53(45-57)47-31-38-59(39-32-47)69(60-40-33-48(34-41-60)54-35-42-64-56(44-54)28-27-50-14-5-7-23-62(50)64)58-36-29-46(30-37-58)52-18-10-20-55(43-52)63-25-12-17-49-13-4-6-22-61(49)63/h1-45H. The molecule has 0 spiro atoms. The number of hydrogen-bond acceptors (Lipinski definition) is 2. The number of fused-ring (bicyclic) bond motifs is 5. The first kappa shape index (κ1) is 41.0. The van der Waals surface area contributed by atoms with E-state index in [4.69, 9.17) is 4.42 Å². The third-order valence-corrected chi connectivity index (χ3v) is 13.9. The van der Waals surface area contributed by atoms with Crippen molar-refractivity contribution in [3.8, 4) is 67.0 Å². The molecule has 0 atom stereocenters. The molecule has 2 nitrogen and oxygen atoms in total. The molecule has 0 N–H and O–H groups in total. The van der Waals surface area contributed by atoms with Gasteiger partial charge in [0.15, 0.2) is 0 Å². The fraction of sp³-hybridized carbons (Fsp3) is 0. The van der Waals surface area contributed by atoms with Gasteiger partial charge in [-0.1, -0.05) is 212 Å². The molecule has 0 saturated heterocycles. The van der Waals surface area contributed by atoms with Gasteiger partial charge in [0, 0.05) is 33.6 Å². The topological polar surface area (TPSA) is 16.4 Å². The van der Waals surface area contributed by atoms with E-state index in [2.05, 4.69) is 272 Å². The zero-order valence-electron chi connectivity index (χ0n) is 38.3. The second-order valence-electron chi connectivity index (χ2n) is 18.1. The maximum atomic E-state index is 6.62. The van der Waals surface area contributed by atoms with Crippen LogP contribution in [-0.4, -0.2) is 0 Å². The van der Waals surface area contributed by atoms with Gasteiger partial charge < -0.3 is 9.32 Å². The van der Waals surface area contributed by atoms with Gasteiger partial charge in [-0.15, -0.1) is 0 Å². The molecule has 12 aromatic carbocycles. The average molecular weight is 892 g/mol. The van der Waals surface area contributed by atoms with Crippen molar-refractivity contribution in [3.05, 3.63) is 273 Å². The van der Waals surface area contributed by atoms with Crippen LogP contribution in [0.2, 0.25) is 0 Å². The smallest absolute Gasteiger partial charge is 0.143 e. The average Bonchev–Trinajstić information content (AvgIpc) is 3.84. The molecule has 0 amide bonds. The van der Waals surface area contributed by atoms with Crippen LogP contribution in [0.4, 0.5) is 17.1 Å². The molecule has 0 aliphatic carbocycles. The van der Waals surface area contributed by atoms with Crippen LogP contribution < -0.4 is 4.90 Å². The summed E-state index contributed by atoms with van der Waals surface area (Å²) < 4.78 is 6.62. The normalized spacial score (nSPS) is 11.4. The van der Waals surface area contributed by atoms with E-state index in [-0.39, 0.29) is 0 Å². The van der Waals surface area contributed by atoms with Gasteiger partial charge in [0.2, 0.25) is 0 Å². The predicted octanol–water partition coefficient (Wildman–Crippen LogP) is 19.4. The van der Waals surface area contributed by atoms with Crippen LogP contribution >= 0.6 is 0 Å². The SMILES string of the molecule is c1ccc(-c2c(-c3cccc(-c4ccc(N(c5ccc(-c6cccc(-c7cccc8ccccc78)c6)cc5)c5ccc(-c6ccc7c(ccc8ccccc87)c6)cc5)cc4)c3)oc3ccccc23)cc1. The van der Waals surface area contributed by atoms with Crippen molar-refractivity contribution in [1.29, 1.82) is 0 Å². The first-order valence-electron chi connectivity index (χ1n) is 24.0. The summed E-state index contributed by atoms with van der Waals surface area (Å²) in [6.45, 7) is 0. The summed E-state index contributed by atoms with van der Waals surface area (Å²) in [5, 5.41) is 8.67. The Morgan fingerprint density at radius 3 is 1.36 bits per heavy atom. The third-order valence-electron chi connectivity index (χ3n) is 13.9. The quantitative estimate of drug-likeness (QED) is 0.134. The Labute approximate surface area is 407 Å². The predicted molar refractivity (Wildman–Crippen MR) is 296 cm³/mol. The molecule has 2 heteroatoms. The molecule has 1 heterocycles. The van der Waals surface area contributed by atoms with Crippen molar-refractivity contribution >= 4 is 60.3 Å². The molecule has 13 rings (SSSR count). The second-order valence-corrected chi connectivity index (χ2v) is 18.1. The zero-order chi connectivity index (χ0) is 46.4. The summed E-state index contributed by atoms with van der Waals surface area (Å²) in [7, 11) is 0. The van der Waals surface area contributed by atoms with Crippen LogP contribution in [0, 0.1) is 0 Å². The van der Waals surface area contributed by atoms with Gasteiger partial charge in [-0.3, -0.25) is 0 Å². The van der Waals surface area contributed by atoms with Gasteiger partial charge in [-0.2, -0.15) is 0 Å². The van der Waals surface area contributed by atoms with Crippen LogP contribution in [-0.2, 0) is 0 Å². The molecule has 0 unspecified atom stereocenters. The van der Waals surface area contributed by atoms with Crippen molar-refractivity contribution in [2.24, 2.45) is 0 Å². The zero-order valence-corrected chi connectivity index (χ0v) is 38.3. The van der Waals surface area contributed by atoms with E-state index in [0.717, 1.165) is 61.6 Å². The van der Waals surface area contributed by atoms with Gasteiger partial charge in [0.1, 0.15) is 11.3 Å². The molecular formula is C68H45NO. The highest BCUT2D eigenvalue weighted by atomic mass is 16.3. The molecular weight excluding hydrogens is 847 g/mol. The summed E-state index contributed by atoms with van der Waals surface area (Å²) >= 11 is 0. The van der Waals surface area contributed by atoms with E-state index in [0.29, 0.717) is 0 Å². The Morgan fingerprint density at radius 2 is 0.686 bits per heavy atom. The molecule has 0 aliphatic rings. The van der Waals surface area contributed by atoms with Crippen molar-refractivity contribution in [2.75, 3.05) is 4.90 Å². The van der Waals surface area contributed by atoms with E-state index >= 15 is 0 Å². The molecule has 328 valence electrons. The molecule has 0 fully saturated rings. The summed E-state index contributed by atoms with van der Waals surface area (Å²) in [5.41, 5.74) is 16.8.